The number of rotatable bonds is 6. The van der Waals surface area contributed by atoms with Gasteiger partial charge >= 0.3 is 5.97 Å². The van der Waals surface area contributed by atoms with Crippen LogP contribution in [0, 0.1) is 34.5 Å². The number of ether oxygens (including phenoxy) is 1. The van der Waals surface area contributed by atoms with Crippen molar-refractivity contribution in [2.45, 2.75) is 104 Å². The zero-order valence-electron chi connectivity index (χ0n) is 20.2. The predicted octanol–water partition coefficient (Wildman–Crippen LogP) is 5.15. The molecule has 0 spiro atoms. The first kappa shape index (κ1) is 23.7. The number of hydrogen-bond acceptors (Lipinski definition) is 5. The summed E-state index contributed by atoms with van der Waals surface area (Å²) in [6.07, 6.45) is 10.1. The number of fused-ring (bicyclic) bond motifs is 5. The van der Waals surface area contributed by atoms with E-state index in [1.54, 1.807) is 13.0 Å². The third-order valence-corrected chi connectivity index (χ3v) is 9.91. The summed E-state index contributed by atoms with van der Waals surface area (Å²) in [5, 5.41) is 11.8. The number of carbonyl (C=O) groups excluding carboxylic acids is 3. The Labute approximate surface area is 192 Å². The highest BCUT2D eigenvalue weighted by Crippen LogP contribution is 2.68. The normalized spacial score (nSPS) is 43.0. The Morgan fingerprint density at radius 2 is 1.88 bits per heavy atom. The fourth-order valence-electron chi connectivity index (χ4n) is 8.22. The van der Waals surface area contributed by atoms with Crippen molar-refractivity contribution in [3.8, 4) is 0 Å². The summed E-state index contributed by atoms with van der Waals surface area (Å²) in [6.45, 7) is 8.14. The lowest BCUT2D eigenvalue weighted by molar-refractivity contribution is -0.276. The monoisotopic (exact) mass is 444 g/mol. The van der Waals surface area contributed by atoms with E-state index in [4.69, 9.17) is 4.74 Å². The van der Waals surface area contributed by atoms with Crippen LogP contribution in [0.5, 0.6) is 0 Å². The zero-order valence-corrected chi connectivity index (χ0v) is 20.2. The Morgan fingerprint density at radius 1 is 1.12 bits per heavy atom. The highest BCUT2D eigenvalue weighted by atomic mass is 16.7. The van der Waals surface area contributed by atoms with Gasteiger partial charge in [0, 0.05) is 12.3 Å². The van der Waals surface area contributed by atoms with Crippen molar-refractivity contribution in [3.05, 3.63) is 11.6 Å². The lowest BCUT2D eigenvalue weighted by Gasteiger charge is -2.61. The molecule has 0 saturated heterocycles. The highest BCUT2D eigenvalue weighted by molar-refractivity contribution is 5.93. The second kappa shape index (κ2) is 8.38. The maximum Gasteiger partial charge on any atom is 0.308 e. The molecule has 1 unspecified atom stereocenters. The fraction of sp³-hybridized carbons (Fsp3) is 0.815. The molecule has 0 amide bonds. The van der Waals surface area contributed by atoms with Crippen LogP contribution >= 0.6 is 0 Å². The number of esters is 1. The van der Waals surface area contributed by atoms with Crippen LogP contribution in [0.15, 0.2) is 11.6 Å². The third-order valence-electron chi connectivity index (χ3n) is 9.91. The average Bonchev–Trinajstić information content (AvgIpc) is 3.06. The Hall–Kier alpha value is -1.49. The smallest absolute Gasteiger partial charge is 0.308 e. The van der Waals surface area contributed by atoms with Gasteiger partial charge in [-0.3, -0.25) is 14.4 Å². The summed E-state index contributed by atoms with van der Waals surface area (Å²) >= 11 is 0. The Bertz CT molecular complexity index is 830. The van der Waals surface area contributed by atoms with Crippen LogP contribution in [0.3, 0.4) is 0 Å². The maximum absolute atomic E-state index is 12.7. The lowest BCUT2D eigenvalue weighted by Crippen LogP contribution is -2.62. The molecule has 0 radical (unpaired) electrons. The molecule has 32 heavy (non-hydrogen) atoms. The zero-order chi connectivity index (χ0) is 23.3. The molecular formula is C27H40O5. The van der Waals surface area contributed by atoms with E-state index in [1.165, 1.54) is 0 Å². The minimum absolute atomic E-state index is 0.0179. The molecule has 178 valence electrons. The van der Waals surface area contributed by atoms with Crippen LogP contribution < -0.4 is 0 Å². The van der Waals surface area contributed by atoms with Crippen LogP contribution in [0.4, 0.5) is 0 Å². The van der Waals surface area contributed by atoms with Gasteiger partial charge < -0.3 is 9.84 Å². The van der Waals surface area contributed by atoms with Crippen LogP contribution in [-0.4, -0.2) is 28.4 Å². The van der Waals surface area contributed by atoms with Crippen LogP contribution in [0.25, 0.3) is 0 Å². The topological polar surface area (TPSA) is 80.7 Å². The average molecular weight is 445 g/mol. The molecule has 4 rings (SSSR count). The van der Waals surface area contributed by atoms with Gasteiger partial charge in [0.15, 0.2) is 5.78 Å². The van der Waals surface area contributed by atoms with E-state index in [0.29, 0.717) is 17.6 Å². The van der Waals surface area contributed by atoms with Crippen molar-refractivity contribution < 1.29 is 24.2 Å². The molecule has 5 heteroatoms. The second-order valence-corrected chi connectivity index (χ2v) is 11.4. The number of carbonyl (C=O) groups is 3. The first-order valence-electron chi connectivity index (χ1n) is 12.8. The predicted molar refractivity (Wildman–Crippen MR) is 121 cm³/mol. The molecule has 0 bridgehead atoms. The lowest BCUT2D eigenvalue weighted by atomic mass is 9.45. The number of hydrogen-bond donors (Lipinski definition) is 1. The summed E-state index contributed by atoms with van der Waals surface area (Å²) in [4.78, 5) is 37.6. The molecule has 0 aromatic rings. The van der Waals surface area contributed by atoms with Gasteiger partial charge in [0.25, 0.3) is 0 Å². The van der Waals surface area contributed by atoms with E-state index in [0.717, 1.165) is 63.4 Å². The van der Waals surface area contributed by atoms with Crippen molar-refractivity contribution in [1.82, 2.24) is 0 Å². The largest absolute Gasteiger partial charge is 0.432 e. The standard InChI is InChI=1S/C27H40O5/c1-5-6-7-8-24(30)32-27(31)16-19(29)15-18-9-10-20-22-12-11-21(17(2)28)25(22,3)14-13-23(20)26(18,27)4/h15,20-23,31H,5-14,16H2,1-4H3/t20-,21+,22-,23-,25+,26-,27?/m0/s1. The van der Waals surface area contributed by atoms with Crippen molar-refractivity contribution in [2.24, 2.45) is 34.5 Å². The van der Waals surface area contributed by atoms with Gasteiger partial charge in [-0.15, -0.1) is 0 Å². The second-order valence-electron chi connectivity index (χ2n) is 11.4. The van der Waals surface area contributed by atoms with Gasteiger partial charge in [0.1, 0.15) is 5.78 Å². The summed E-state index contributed by atoms with van der Waals surface area (Å²) < 4.78 is 5.81. The summed E-state index contributed by atoms with van der Waals surface area (Å²) in [5.41, 5.74) is 0.216. The van der Waals surface area contributed by atoms with Crippen molar-refractivity contribution in [3.63, 3.8) is 0 Å². The van der Waals surface area contributed by atoms with Gasteiger partial charge in [-0.2, -0.15) is 0 Å². The van der Waals surface area contributed by atoms with Crippen molar-refractivity contribution >= 4 is 17.5 Å². The molecule has 3 fully saturated rings. The first-order chi connectivity index (χ1) is 15.1. The molecule has 7 atom stereocenters. The molecule has 0 aromatic heterocycles. The quantitative estimate of drug-likeness (QED) is 0.348. The molecule has 5 nitrogen and oxygen atoms in total. The highest BCUT2D eigenvalue weighted by Gasteiger charge is 2.66. The number of Topliss-reactive ketones (excluding diaryl/α,β-unsaturated/α-hetero) is 1. The molecule has 0 aromatic carbocycles. The van der Waals surface area contributed by atoms with E-state index < -0.39 is 17.2 Å². The van der Waals surface area contributed by atoms with E-state index >= 15 is 0 Å². The van der Waals surface area contributed by atoms with Gasteiger partial charge in [-0.05, 0) is 88.0 Å². The fourth-order valence-corrected chi connectivity index (χ4v) is 8.22. The number of aliphatic hydroxyl groups is 1. The third kappa shape index (κ3) is 3.50. The molecule has 1 N–H and O–H groups in total. The minimum atomic E-state index is -1.78. The van der Waals surface area contributed by atoms with Crippen LogP contribution in [-0.2, 0) is 19.1 Å². The van der Waals surface area contributed by atoms with Crippen LogP contribution in [0.1, 0.15) is 98.3 Å². The molecule has 0 heterocycles. The number of ketones is 2. The van der Waals surface area contributed by atoms with Gasteiger partial charge in [-0.1, -0.05) is 32.3 Å². The molecular weight excluding hydrogens is 404 g/mol. The summed E-state index contributed by atoms with van der Waals surface area (Å²) in [7, 11) is 0. The summed E-state index contributed by atoms with van der Waals surface area (Å²) in [5.74, 6) is -0.956. The van der Waals surface area contributed by atoms with E-state index in [-0.39, 0.29) is 35.9 Å². The first-order valence-corrected chi connectivity index (χ1v) is 12.8. The van der Waals surface area contributed by atoms with Gasteiger partial charge in [0.2, 0.25) is 5.79 Å². The Morgan fingerprint density at radius 3 is 2.56 bits per heavy atom. The molecule has 0 aliphatic heterocycles. The van der Waals surface area contributed by atoms with Gasteiger partial charge in [0.05, 0.1) is 11.8 Å². The Balaban J connectivity index is 1.65. The van der Waals surface area contributed by atoms with Crippen LogP contribution in [0.2, 0.25) is 0 Å². The maximum atomic E-state index is 12.7. The van der Waals surface area contributed by atoms with E-state index in [1.807, 2.05) is 6.92 Å². The van der Waals surface area contributed by atoms with E-state index in [2.05, 4.69) is 13.8 Å². The van der Waals surface area contributed by atoms with Crippen molar-refractivity contribution in [2.75, 3.05) is 0 Å². The Kier molecular flexibility index (Phi) is 6.19. The van der Waals surface area contributed by atoms with Gasteiger partial charge in [-0.25, -0.2) is 0 Å². The van der Waals surface area contributed by atoms with E-state index in [9.17, 15) is 19.5 Å². The summed E-state index contributed by atoms with van der Waals surface area (Å²) in [6, 6.07) is 0. The van der Waals surface area contributed by atoms with Crippen molar-refractivity contribution in [1.29, 1.82) is 0 Å². The molecule has 4 aliphatic rings. The SMILES string of the molecule is CCCCCC(=O)OC1(O)CC(=O)C=C2CC[C@H]3[C@@H]4CC[C@H](C(C)=O)[C@@]4(C)CC[C@@H]3[C@]21C. The molecule has 4 aliphatic carbocycles. The molecule has 3 saturated carbocycles. The number of unbranched alkanes of at least 4 members (excludes halogenated alkanes) is 2. The minimum Gasteiger partial charge on any atom is -0.432 e.